The molecule has 88 valence electrons. The molecular weight excluding hydrogens is 266 g/mol. The van der Waals surface area contributed by atoms with Crippen molar-refractivity contribution in [2.45, 2.75) is 38.3 Å². The first-order valence-corrected chi connectivity index (χ1v) is 6.67. The Morgan fingerprint density at radius 2 is 2.31 bits per heavy atom. The summed E-state index contributed by atoms with van der Waals surface area (Å²) in [6.07, 6.45) is 3.73. The van der Waals surface area contributed by atoms with Crippen LogP contribution in [0.5, 0.6) is 5.75 Å². The molecule has 1 aromatic carbocycles. The molecule has 0 aromatic heterocycles. The summed E-state index contributed by atoms with van der Waals surface area (Å²) in [5.74, 6) is 1.03. The molecule has 2 nitrogen and oxygen atoms in total. The van der Waals surface area contributed by atoms with Crippen molar-refractivity contribution in [2.24, 2.45) is 0 Å². The zero-order valence-electron chi connectivity index (χ0n) is 9.79. The Balaban J connectivity index is 2.27. The van der Waals surface area contributed by atoms with Crippen molar-refractivity contribution in [3.8, 4) is 5.75 Å². The summed E-state index contributed by atoms with van der Waals surface area (Å²) in [6.45, 7) is 2.20. The average Bonchev–Trinajstić information content (AvgIpc) is 2.29. The van der Waals surface area contributed by atoms with Gasteiger partial charge in [0.05, 0.1) is 0 Å². The van der Waals surface area contributed by atoms with Crippen LogP contribution in [0.1, 0.15) is 37.8 Å². The first-order valence-electron chi connectivity index (χ1n) is 5.88. The van der Waals surface area contributed by atoms with E-state index in [-0.39, 0.29) is 0 Å². The average molecular weight is 284 g/mol. The standard InChI is InChI=1S/C13H18BrNO/c1-3-4-10-8-12(15-2)11-7-9(14)5-6-13(11)16-10/h5-7,10,12,15H,3-4,8H2,1-2H3. The summed E-state index contributed by atoms with van der Waals surface area (Å²) in [6, 6.07) is 6.67. The molecule has 0 fully saturated rings. The monoisotopic (exact) mass is 283 g/mol. The van der Waals surface area contributed by atoms with Crippen LogP contribution in [-0.2, 0) is 0 Å². The van der Waals surface area contributed by atoms with E-state index in [9.17, 15) is 0 Å². The van der Waals surface area contributed by atoms with Crippen LogP contribution < -0.4 is 10.1 Å². The molecule has 0 saturated carbocycles. The third-order valence-electron chi connectivity index (χ3n) is 3.10. The van der Waals surface area contributed by atoms with E-state index >= 15 is 0 Å². The largest absolute Gasteiger partial charge is 0.490 e. The van der Waals surface area contributed by atoms with Gasteiger partial charge in [-0.05, 0) is 31.7 Å². The van der Waals surface area contributed by atoms with E-state index in [0.29, 0.717) is 12.1 Å². The zero-order chi connectivity index (χ0) is 11.5. The van der Waals surface area contributed by atoms with Gasteiger partial charge >= 0.3 is 0 Å². The highest BCUT2D eigenvalue weighted by Crippen LogP contribution is 2.37. The fourth-order valence-electron chi connectivity index (χ4n) is 2.29. The molecule has 1 heterocycles. The van der Waals surface area contributed by atoms with Crippen molar-refractivity contribution in [2.75, 3.05) is 7.05 Å². The minimum absolute atomic E-state index is 0.358. The minimum Gasteiger partial charge on any atom is -0.490 e. The van der Waals surface area contributed by atoms with Crippen molar-refractivity contribution in [1.82, 2.24) is 5.32 Å². The number of rotatable bonds is 3. The summed E-state index contributed by atoms with van der Waals surface area (Å²) in [5.41, 5.74) is 1.27. The van der Waals surface area contributed by atoms with E-state index in [0.717, 1.165) is 23.1 Å². The van der Waals surface area contributed by atoms with Crippen molar-refractivity contribution in [3.05, 3.63) is 28.2 Å². The van der Waals surface area contributed by atoms with Crippen LogP contribution in [0.3, 0.4) is 0 Å². The molecule has 2 atom stereocenters. The maximum absolute atomic E-state index is 6.00. The van der Waals surface area contributed by atoms with E-state index < -0.39 is 0 Å². The third kappa shape index (κ3) is 2.41. The quantitative estimate of drug-likeness (QED) is 0.914. The molecule has 2 rings (SSSR count). The lowest BCUT2D eigenvalue weighted by molar-refractivity contribution is 0.142. The predicted molar refractivity (Wildman–Crippen MR) is 69.9 cm³/mol. The lowest BCUT2D eigenvalue weighted by Crippen LogP contribution is -2.31. The molecule has 16 heavy (non-hydrogen) atoms. The SMILES string of the molecule is CCCC1CC(NC)c2cc(Br)ccc2O1. The van der Waals surface area contributed by atoms with Gasteiger partial charge < -0.3 is 10.1 Å². The van der Waals surface area contributed by atoms with Gasteiger partial charge in [0, 0.05) is 22.5 Å². The highest BCUT2D eigenvalue weighted by atomic mass is 79.9. The lowest BCUT2D eigenvalue weighted by Gasteiger charge is -2.32. The molecule has 3 heteroatoms. The zero-order valence-corrected chi connectivity index (χ0v) is 11.4. The second kappa shape index (κ2) is 5.19. The van der Waals surface area contributed by atoms with Gasteiger partial charge in [-0.1, -0.05) is 29.3 Å². The van der Waals surface area contributed by atoms with Crippen molar-refractivity contribution in [1.29, 1.82) is 0 Å². The molecule has 0 spiro atoms. The number of ether oxygens (including phenoxy) is 1. The molecule has 1 aliphatic rings. The Morgan fingerprint density at radius 1 is 1.50 bits per heavy atom. The van der Waals surface area contributed by atoms with Crippen molar-refractivity contribution >= 4 is 15.9 Å². The van der Waals surface area contributed by atoms with Crippen LogP contribution in [0.2, 0.25) is 0 Å². The maximum Gasteiger partial charge on any atom is 0.124 e. The smallest absolute Gasteiger partial charge is 0.124 e. The normalized spacial score (nSPS) is 23.7. The predicted octanol–water partition coefficient (Wildman–Crippen LogP) is 3.66. The van der Waals surface area contributed by atoms with Gasteiger partial charge in [0.25, 0.3) is 0 Å². The van der Waals surface area contributed by atoms with Gasteiger partial charge in [-0.2, -0.15) is 0 Å². The Hall–Kier alpha value is -0.540. The van der Waals surface area contributed by atoms with Crippen molar-refractivity contribution in [3.63, 3.8) is 0 Å². The van der Waals surface area contributed by atoms with E-state index in [1.807, 2.05) is 13.1 Å². The molecule has 0 amide bonds. The highest BCUT2D eigenvalue weighted by molar-refractivity contribution is 9.10. The summed E-state index contributed by atoms with van der Waals surface area (Å²) in [4.78, 5) is 0. The van der Waals surface area contributed by atoms with Gasteiger partial charge in [0.1, 0.15) is 11.9 Å². The molecule has 0 saturated heterocycles. The van der Waals surface area contributed by atoms with Gasteiger partial charge in [0.15, 0.2) is 0 Å². The Labute approximate surface area is 106 Å². The Kier molecular flexibility index (Phi) is 3.87. The molecule has 2 unspecified atom stereocenters. The number of benzene rings is 1. The number of halogens is 1. The van der Waals surface area contributed by atoms with E-state index in [4.69, 9.17) is 4.74 Å². The number of hydrogen-bond acceptors (Lipinski definition) is 2. The van der Waals surface area contributed by atoms with Crippen LogP contribution >= 0.6 is 15.9 Å². The molecule has 0 radical (unpaired) electrons. The second-order valence-electron chi connectivity index (χ2n) is 4.29. The van der Waals surface area contributed by atoms with Gasteiger partial charge in [0.2, 0.25) is 0 Å². The first kappa shape index (κ1) is 11.9. The van der Waals surface area contributed by atoms with Crippen LogP contribution in [0, 0.1) is 0 Å². The lowest BCUT2D eigenvalue weighted by atomic mass is 9.95. The molecule has 0 bridgehead atoms. The molecule has 1 N–H and O–H groups in total. The summed E-state index contributed by atoms with van der Waals surface area (Å²) in [5, 5.41) is 3.37. The van der Waals surface area contributed by atoms with Gasteiger partial charge in [-0.15, -0.1) is 0 Å². The second-order valence-corrected chi connectivity index (χ2v) is 5.20. The first-order chi connectivity index (χ1) is 7.74. The van der Waals surface area contributed by atoms with Crippen LogP contribution in [0.15, 0.2) is 22.7 Å². The molecule has 0 aliphatic carbocycles. The summed E-state index contributed by atoms with van der Waals surface area (Å²) < 4.78 is 7.11. The summed E-state index contributed by atoms with van der Waals surface area (Å²) in [7, 11) is 2.02. The Morgan fingerprint density at radius 3 is 3.00 bits per heavy atom. The molecular formula is C13H18BrNO. The number of fused-ring (bicyclic) bond motifs is 1. The highest BCUT2D eigenvalue weighted by Gasteiger charge is 2.26. The van der Waals surface area contributed by atoms with Crippen molar-refractivity contribution < 1.29 is 4.74 Å². The Bertz CT molecular complexity index is 367. The van der Waals surface area contributed by atoms with Crippen LogP contribution in [-0.4, -0.2) is 13.2 Å². The fourth-order valence-corrected chi connectivity index (χ4v) is 2.67. The maximum atomic E-state index is 6.00. The van der Waals surface area contributed by atoms with E-state index in [2.05, 4.69) is 40.3 Å². The number of nitrogens with one attached hydrogen (secondary N) is 1. The van der Waals surface area contributed by atoms with E-state index in [1.165, 1.54) is 12.0 Å². The van der Waals surface area contributed by atoms with Crippen LogP contribution in [0.4, 0.5) is 0 Å². The van der Waals surface area contributed by atoms with Gasteiger partial charge in [-0.25, -0.2) is 0 Å². The molecule has 1 aliphatic heterocycles. The van der Waals surface area contributed by atoms with E-state index in [1.54, 1.807) is 0 Å². The topological polar surface area (TPSA) is 21.3 Å². The third-order valence-corrected chi connectivity index (χ3v) is 3.59. The molecule has 1 aromatic rings. The minimum atomic E-state index is 0.358. The number of hydrogen-bond donors (Lipinski definition) is 1. The fraction of sp³-hybridized carbons (Fsp3) is 0.538. The van der Waals surface area contributed by atoms with Gasteiger partial charge in [-0.3, -0.25) is 0 Å². The summed E-state index contributed by atoms with van der Waals surface area (Å²) >= 11 is 3.51. The van der Waals surface area contributed by atoms with Crippen LogP contribution in [0.25, 0.3) is 0 Å².